The Morgan fingerprint density at radius 3 is 1.23 bits per heavy atom. The molecular formula is C84H82N2. The first-order valence-corrected chi connectivity index (χ1v) is 31.1. The third-order valence-corrected chi connectivity index (χ3v) is 18.3. The van der Waals surface area contributed by atoms with Crippen molar-refractivity contribution in [1.29, 1.82) is 0 Å². The maximum atomic E-state index is 2.54. The summed E-state index contributed by atoms with van der Waals surface area (Å²) in [4.78, 5) is 2.54. The van der Waals surface area contributed by atoms with Gasteiger partial charge < -0.3 is 9.47 Å². The van der Waals surface area contributed by atoms with Gasteiger partial charge in [-0.25, -0.2) is 0 Å². The maximum absolute atomic E-state index is 2.54. The van der Waals surface area contributed by atoms with Gasteiger partial charge in [-0.2, -0.15) is 0 Å². The molecule has 13 rings (SSSR count). The highest BCUT2D eigenvalue weighted by Crippen LogP contribution is 2.49. The third kappa shape index (κ3) is 10.2. The minimum absolute atomic E-state index is 0.00968. The van der Waals surface area contributed by atoms with Crippen molar-refractivity contribution in [2.75, 3.05) is 4.90 Å². The Bertz CT molecular complexity index is 4650. The molecule has 2 nitrogen and oxygen atoms in total. The van der Waals surface area contributed by atoms with Gasteiger partial charge in [-0.05, 0) is 188 Å². The minimum Gasteiger partial charge on any atom is -0.310 e. The number of fused-ring (bicyclic) bond motifs is 3. The summed E-state index contributed by atoms with van der Waals surface area (Å²) in [6, 6.07) is 86.2. The second-order valence-corrected chi connectivity index (χ2v) is 29.6. The molecule has 0 bridgehead atoms. The van der Waals surface area contributed by atoms with Crippen LogP contribution in [0.25, 0.3) is 104 Å². The number of hydrogen-bond donors (Lipinski definition) is 0. The van der Waals surface area contributed by atoms with Crippen molar-refractivity contribution in [3.8, 4) is 50.2 Å². The van der Waals surface area contributed by atoms with Crippen molar-refractivity contribution in [3.63, 3.8) is 0 Å². The molecular weight excluding hydrogens is 1040 g/mol. The fourth-order valence-electron chi connectivity index (χ4n) is 13.1. The lowest BCUT2D eigenvalue weighted by Crippen LogP contribution is -2.15. The predicted octanol–water partition coefficient (Wildman–Crippen LogP) is 24.3. The zero-order chi connectivity index (χ0) is 60.4. The molecule has 0 aliphatic carbocycles. The van der Waals surface area contributed by atoms with E-state index >= 15 is 0 Å². The second-order valence-electron chi connectivity index (χ2n) is 29.6. The molecule has 0 radical (unpaired) electrons. The van der Waals surface area contributed by atoms with Crippen molar-refractivity contribution in [2.45, 2.75) is 131 Å². The normalized spacial score (nSPS) is 12.8. The molecule has 0 aliphatic rings. The fraction of sp³-hybridized carbons (Fsp3) is 0.238. The summed E-state index contributed by atoms with van der Waals surface area (Å²) in [7, 11) is 0. The molecule has 1 aromatic heterocycles. The summed E-state index contributed by atoms with van der Waals surface area (Å²) in [6.45, 7) is 34.6. The number of aromatic nitrogens is 1. The molecule has 0 atom stereocenters. The van der Waals surface area contributed by atoms with E-state index in [1.165, 1.54) is 132 Å². The van der Waals surface area contributed by atoms with Crippen molar-refractivity contribution in [1.82, 2.24) is 4.57 Å². The van der Waals surface area contributed by atoms with Gasteiger partial charge in [0.25, 0.3) is 0 Å². The smallest absolute Gasteiger partial charge is 0.0541 e. The van der Waals surface area contributed by atoms with Gasteiger partial charge in [0.2, 0.25) is 0 Å². The molecule has 0 aliphatic heterocycles. The lowest BCUT2D eigenvalue weighted by molar-refractivity contribution is 0.590. The van der Waals surface area contributed by atoms with Gasteiger partial charge in [0.1, 0.15) is 0 Å². The number of hydrogen-bond acceptors (Lipinski definition) is 1. The molecule has 0 spiro atoms. The summed E-state index contributed by atoms with van der Waals surface area (Å²) in [5.41, 5.74) is 23.3. The van der Waals surface area contributed by atoms with Crippen LogP contribution in [0.1, 0.15) is 132 Å². The summed E-state index contributed by atoms with van der Waals surface area (Å²) < 4.78 is 2.54. The third-order valence-electron chi connectivity index (χ3n) is 18.3. The monoisotopic (exact) mass is 1120 g/mol. The maximum Gasteiger partial charge on any atom is 0.0541 e. The van der Waals surface area contributed by atoms with Crippen molar-refractivity contribution >= 4 is 71.2 Å². The Hall–Kier alpha value is -8.72. The van der Waals surface area contributed by atoms with Crippen molar-refractivity contribution < 1.29 is 0 Å². The van der Waals surface area contributed by atoms with E-state index in [-0.39, 0.29) is 27.1 Å². The van der Waals surface area contributed by atoms with Gasteiger partial charge in [-0.15, -0.1) is 0 Å². The first-order chi connectivity index (χ1) is 40.8. The van der Waals surface area contributed by atoms with Gasteiger partial charge >= 0.3 is 0 Å². The van der Waals surface area contributed by atoms with E-state index < -0.39 is 0 Å². The summed E-state index contributed by atoms with van der Waals surface area (Å²) in [5.74, 6) is 0. The standard InChI is InChI=1S/C84H82N2/c1-80(2,3)61-33-23-53(24-34-61)58-19-18-20-59(47-58)60-48-65(84(13,14)15)50-67(49-60)85(66-39-27-55(28-40-66)69-22-17-16-21-68(69)54-25-35-62(36-26-54)81(4,5)6)74-43-31-56-30-42-71-75(44-32-57-29-41-70(74)78(56)79(57)71)86-76-45-37-63(82(7,8)9)51-72(76)73-52-64(83(10,11)12)38-46-77(73)86/h16-52H,1-15H3. The number of anilines is 3. The van der Waals surface area contributed by atoms with Crippen LogP contribution < -0.4 is 4.90 Å². The molecule has 0 saturated carbocycles. The van der Waals surface area contributed by atoms with E-state index in [0.717, 1.165) is 17.1 Å². The van der Waals surface area contributed by atoms with E-state index in [9.17, 15) is 0 Å². The molecule has 86 heavy (non-hydrogen) atoms. The highest BCUT2D eigenvalue weighted by molar-refractivity contribution is 6.27. The Morgan fingerprint density at radius 2 is 0.709 bits per heavy atom. The molecule has 1 heterocycles. The molecule has 0 fully saturated rings. The van der Waals surface area contributed by atoms with Gasteiger partial charge in [-0.1, -0.05) is 262 Å². The zero-order valence-corrected chi connectivity index (χ0v) is 53.3. The van der Waals surface area contributed by atoms with Crippen LogP contribution in [0.4, 0.5) is 17.1 Å². The largest absolute Gasteiger partial charge is 0.310 e. The van der Waals surface area contributed by atoms with E-state index in [1.54, 1.807) is 0 Å². The summed E-state index contributed by atoms with van der Waals surface area (Å²) >= 11 is 0. The lowest BCUT2D eigenvalue weighted by Gasteiger charge is -2.30. The summed E-state index contributed by atoms with van der Waals surface area (Å²) in [5, 5.41) is 10.1. The van der Waals surface area contributed by atoms with Crippen LogP contribution in [-0.4, -0.2) is 4.57 Å². The Morgan fingerprint density at radius 1 is 0.267 bits per heavy atom. The zero-order valence-electron chi connectivity index (χ0n) is 53.3. The Kier molecular flexibility index (Phi) is 13.4. The predicted molar refractivity (Wildman–Crippen MR) is 374 cm³/mol. The highest BCUT2D eigenvalue weighted by atomic mass is 15.1. The van der Waals surface area contributed by atoms with E-state index in [1.807, 2.05) is 0 Å². The van der Waals surface area contributed by atoms with Crippen molar-refractivity contribution in [2.24, 2.45) is 0 Å². The molecule has 2 heteroatoms. The van der Waals surface area contributed by atoms with Gasteiger partial charge in [-0.3, -0.25) is 0 Å². The first kappa shape index (κ1) is 56.4. The van der Waals surface area contributed by atoms with Gasteiger partial charge in [0, 0.05) is 32.9 Å². The van der Waals surface area contributed by atoms with Crippen LogP contribution in [0.5, 0.6) is 0 Å². The molecule has 0 amide bonds. The van der Waals surface area contributed by atoms with Crippen LogP contribution in [-0.2, 0) is 27.1 Å². The van der Waals surface area contributed by atoms with E-state index in [0.29, 0.717) is 0 Å². The molecule has 0 unspecified atom stereocenters. The molecule has 12 aromatic carbocycles. The number of nitrogens with zero attached hydrogens (tertiary/aromatic N) is 2. The average molecular weight is 1120 g/mol. The van der Waals surface area contributed by atoms with Crippen LogP contribution in [0.15, 0.2) is 224 Å². The highest BCUT2D eigenvalue weighted by Gasteiger charge is 2.27. The van der Waals surface area contributed by atoms with Gasteiger partial charge in [0.05, 0.1) is 22.4 Å². The number of benzene rings is 12. The number of rotatable bonds is 8. The fourth-order valence-corrected chi connectivity index (χ4v) is 13.1. The molecule has 13 aromatic rings. The molecule has 428 valence electrons. The average Bonchev–Trinajstić information content (AvgIpc) is 1.34. The summed E-state index contributed by atoms with van der Waals surface area (Å²) in [6.07, 6.45) is 0. The quantitative estimate of drug-likeness (QED) is 0.138. The van der Waals surface area contributed by atoms with Gasteiger partial charge in [0.15, 0.2) is 0 Å². The minimum atomic E-state index is -0.149. The second kappa shape index (κ2) is 20.5. The van der Waals surface area contributed by atoms with E-state index in [2.05, 4.69) is 338 Å². The lowest BCUT2D eigenvalue weighted by atomic mass is 9.84. The topological polar surface area (TPSA) is 8.17 Å². The van der Waals surface area contributed by atoms with Crippen molar-refractivity contribution in [3.05, 3.63) is 252 Å². The Balaban J connectivity index is 1.02. The Labute approximate surface area is 511 Å². The van der Waals surface area contributed by atoms with Crippen LogP contribution in [0, 0.1) is 0 Å². The molecule has 0 saturated heterocycles. The first-order valence-electron chi connectivity index (χ1n) is 31.1. The van der Waals surface area contributed by atoms with E-state index in [4.69, 9.17) is 0 Å². The van der Waals surface area contributed by atoms with Crippen LogP contribution in [0.3, 0.4) is 0 Å². The molecule has 0 N–H and O–H groups in total. The SMILES string of the molecule is CC(C)(C)c1ccc(-c2cccc(-c3cc(N(c4ccc(-c5ccccc5-c5ccc(C(C)(C)C)cc5)cc4)c4ccc5ccc6c(-n7c8ccc(C(C)(C)C)cc8c8cc(C(C)(C)C)ccc87)ccc7ccc4c5c76)cc(C(C)(C)C)c3)c2)cc1. The van der Waals surface area contributed by atoms with Crippen LogP contribution >= 0.6 is 0 Å². The van der Waals surface area contributed by atoms with Crippen LogP contribution in [0.2, 0.25) is 0 Å².